The normalized spacial score (nSPS) is 17.8. The molecule has 7 N–H and O–H groups in total. The van der Waals surface area contributed by atoms with Crippen molar-refractivity contribution in [2.24, 2.45) is 11.5 Å². The fourth-order valence-corrected chi connectivity index (χ4v) is 2.77. The molecule has 0 aliphatic carbocycles. The Morgan fingerprint density at radius 2 is 1.92 bits per heavy atom. The molecule has 0 spiro atoms. The molecule has 0 saturated carbocycles. The summed E-state index contributed by atoms with van der Waals surface area (Å²) in [7, 11) is 0. The van der Waals surface area contributed by atoms with Gasteiger partial charge in [-0.1, -0.05) is 0 Å². The lowest BCUT2D eigenvalue weighted by atomic mass is 10.1. The molecule has 0 aromatic heterocycles. The van der Waals surface area contributed by atoms with Crippen LogP contribution in [0.4, 0.5) is 0 Å². The van der Waals surface area contributed by atoms with Gasteiger partial charge in [-0.15, -0.1) is 0 Å². The Bertz CT molecular complexity index is 499. The van der Waals surface area contributed by atoms with E-state index in [1.807, 2.05) is 0 Å². The highest BCUT2D eigenvalue weighted by Gasteiger charge is 2.35. The van der Waals surface area contributed by atoms with Crippen molar-refractivity contribution in [1.29, 1.82) is 0 Å². The second-order valence-electron chi connectivity index (χ2n) is 5.91. The maximum atomic E-state index is 12.5. The standard InChI is InChI=1S/C15H27N5O5/c16-6-2-1-4-10(14(24)18-9-13(22)23)19-15(25)11-5-3-7-20(11)12(21)8-17/h10-11H,1-9,16-17H2,(H,18,24)(H,19,25)(H,22,23)/t10-,11-/m0/s1. The summed E-state index contributed by atoms with van der Waals surface area (Å²) >= 11 is 0. The second-order valence-corrected chi connectivity index (χ2v) is 5.91. The van der Waals surface area contributed by atoms with Crippen LogP contribution in [0.5, 0.6) is 0 Å². The lowest BCUT2D eigenvalue weighted by Crippen LogP contribution is -2.54. The lowest BCUT2D eigenvalue weighted by Gasteiger charge is -2.26. The van der Waals surface area contributed by atoms with Crippen molar-refractivity contribution in [1.82, 2.24) is 15.5 Å². The quantitative estimate of drug-likeness (QED) is 0.275. The van der Waals surface area contributed by atoms with Gasteiger partial charge in [0, 0.05) is 6.54 Å². The largest absolute Gasteiger partial charge is 0.480 e. The number of hydrogen-bond donors (Lipinski definition) is 5. The van der Waals surface area contributed by atoms with Crippen LogP contribution in [-0.2, 0) is 19.2 Å². The van der Waals surface area contributed by atoms with Crippen LogP contribution in [0, 0.1) is 0 Å². The molecule has 1 aliphatic heterocycles. The summed E-state index contributed by atoms with van der Waals surface area (Å²) in [6, 6.07) is -1.52. The van der Waals surface area contributed by atoms with Crippen LogP contribution in [0.3, 0.4) is 0 Å². The van der Waals surface area contributed by atoms with Crippen LogP contribution < -0.4 is 22.1 Å². The number of nitrogens with two attached hydrogens (primary N) is 2. The van der Waals surface area contributed by atoms with Crippen molar-refractivity contribution in [3.63, 3.8) is 0 Å². The summed E-state index contributed by atoms with van der Waals surface area (Å²) in [4.78, 5) is 48.4. The Morgan fingerprint density at radius 1 is 1.20 bits per heavy atom. The molecule has 1 heterocycles. The molecule has 0 aromatic rings. The van der Waals surface area contributed by atoms with Gasteiger partial charge in [0.2, 0.25) is 17.7 Å². The van der Waals surface area contributed by atoms with Gasteiger partial charge in [0.1, 0.15) is 18.6 Å². The van der Waals surface area contributed by atoms with E-state index in [4.69, 9.17) is 16.6 Å². The topological polar surface area (TPSA) is 168 Å². The van der Waals surface area contributed by atoms with E-state index in [-0.39, 0.29) is 12.5 Å². The van der Waals surface area contributed by atoms with Crippen molar-refractivity contribution in [2.75, 3.05) is 26.2 Å². The molecule has 0 radical (unpaired) electrons. The van der Waals surface area contributed by atoms with E-state index in [0.717, 1.165) is 0 Å². The molecule has 1 rings (SSSR count). The summed E-state index contributed by atoms with van der Waals surface area (Å²) in [6.45, 7) is 0.210. The third kappa shape index (κ3) is 6.67. The van der Waals surface area contributed by atoms with Crippen molar-refractivity contribution < 1.29 is 24.3 Å². The third-order valence-corrected chi connectivity index (χ3v) is 4.04. The van der Waals surface area contributed by atoms with Gasteiger partial charge in [-0.05, 0) is 38.6 Å². The third-order valence-electron chi connectivity index (χ3n) is 4.04. The zero-order chi connectivity index (χ0) is 18.8. The molecular weight excluding hydrogens is 330 g/mol. The summed E-state index contributed by atoms with van der Waals surface area (Å²) in [6.07, 6.45) is 2.82. The molecule has 3 amide bonds. The van der Waals surface area contributed by atoms with Crippen LogP contribution >= 0.6 is 0 Å². The minimum absolute atomic E-state index is 0.178. The predicted octanol–water partition coefficient (Wildman–Crippen LogP) is -2.25. The highest BCUT2D eigenvalue weighted by molar-refractivity contribution is 5.93. The van der Waals surface area contributed by atoms with Crippen LogP contribution in [0.25, 0.3) is 0 Å². The summed E-state index contributed by atoms with van der Waals surface area (Å²) in [5.74, 6) is -2.48. The average Bonchev–Trinajstić information content (AvgIpc) is 3.07. The molecule has 0 unspecified atom stereocenters. The highest BCUT2D eigenvalue weighted by atomic mass is 16.4. The molecule has 1 saturated heterocycles. The Hall–Kier alpha value is -2.20. The van der Waals surface area contributed by atoms with E-state index in [0.29, 0.717) is 45.2 Å². The Balaban J connectivity index is 2.70. The zero-order valence-electron chi connectivity index (χ0n) is 14.2. The number of likely N-dealkylation sites (tertiary alicyclic amines) is 1. The van der Waals surface area contributed by atoms with Crippen LogP contribution in [-0.4, -0.2) is 72.0 Å². The van der Waals surface area contributed by atoms with Gasteiger partial charge < -0.3 is 32.1 Å². The number of rotatable bonds is 10. The van der Waals surface area contributed by atoms with Crippen molar-refractivity contribution >= 4 is 23.7 Å². The van der Waals surface area contributed by atoms with Gasteiger partial charge in [0.15, 0.2) is 0 Å². The minimum atomic E-state index is -1.17. The maximum absolute atomic E-state index is 12.5. The minimum Gasteiger partial charge on any atom is -0.480 e. The van der Waals surface area contributed by atoms with Crippen LogP contribution in [0.2, 0.25) is 0 Å². The number of aliphatic carboxylic acids is 1. The maximum Gasteiger partial charge on any atom is 0.322 e. The number of carbonyl (C=O) groups excluding carboxylic acids is 3. The summed E-state index contributed by atoms with van der Waals surface area (Å²) in [5, 5.41) is 13.6. The molecule has 10 nitrogen and oxygen atoms in total. The Labute approximate surface area is 146 Å². The summed E-state index contributed by atoms with van der Waals surface area (Å²) < 4.78 is 0. The monoisotopic (exact) mass is 357 g/mol. The first-order chi connectivity index (χ1) is 11.9. The number of nitrogens with zero attached hydrogens (tertiary/aromatic N) is 1. The molecule has 0 bridgehead atoms. The summed E-state index contributed by atoms with van der Waals surface area (Å²) in [5.41, 5.74) is 10.8. The fourth-order valence-electron chi connectivity index (χ4n) is 2.77. The molecule has 2 atom stereocenters. The first-order valence-corrected chi connectivity index (χ1v) is 8.40. The predicted molar refractivity (Wildman–Crippen MR) is 89.3 cm³/mol. The van der Waals surface area contributed by atoms with Gasteiger partial charge >= 0.3 is 5.97 Å². The van der Waals surface area contributed by atoms with Gasteiger partial charge in [-0.3, -0.25) is 19.2 Å². The number of hydrogen-bond acceptors (Lipinski definition) is 6. The van der Waals surface area contributed by atoms with E-state index >= 15 is 0 Å². The number of carboxylic acids is 1. The SMILES string of the molecule is NCCCC[C@H](NC(=O)[C@@H]1CCCN1C(=O)CN)C(=O)NCC(=O)O. The van der Waals surface area contributed by atoms with Gasteiger partial charge in [0.05, 0.1) is 6.54 Å². The van der Waals surface area contributed by atoms with Crippen molar-refractivity contribution in [3.8, 4) is 0 Å². The molecule has 10 heteroatoms. The van der Waals surface area contributed by atoms with Gasteiger partial charge in [-0.2, -0.15) is 0 Å². The van der Waals surface area contributed by atoms with Crippen LogP contribution in [0.1, 0.15) is 32.1 Å². The van der Waals surface area contributed by atoms with Gasteiger partial charge in [0.25, 0.3) is 0 Å². The Morgan fingerprint density at radius 3 is 2.52 bits per heavy atom. The molecule has 1 aliphatic rings. The van der Waals surface area contributed by atoms with E-state index < -0.39 is 36.4 Å². The number of unbranched alkanes of at least 4 members (excludes halogenated alkanes) is 1. The average molecular weight is 357 g/mol. The molecule has 1 fully saturated rings. The second kappa shape index (κ2) is 10.6. The van der Waals surface area contributed by atoms with Crippen molar-refractivity contribution in [2.45, 2.75) is 44.2 Å². The van der Waals surface area contributed by atoms with E-state index in [1.165, 1.54) is 4.90 Å². The number of carboxylic acid groups (broad SMARTS) is 1. The molecule has 25 heavy (non-hydrogen) atoms. The van der Waals surface area contributed by atoms with Crippen molar-refractivity contribution in [3.05, 3.63) is 0 Å². The number of nitrogens with one attached hydrogen (secondary N) is 2. The Kier molecular flexibility index (Phi) is 8.86. The molecule has 142 valence electrons. The van der Waals surface area contributed by atoms with E-state index in [9.17, 15) is 19.2 Å². The van der Waals surface area contributed by atoms with Crippen LogP contribution in [0.15, 0.2) is 0 Å². The first kappa shape index (κ1) is 20.8. The van der Waals surface area contributed by atoms with Gasteiger partial charge in [-0.25, -0.2) is 0 Å². The zero-order valence-corrected chi connectivity index (χ0v) is 14.2. The van der Waals surface area contributed by atoms with E-state index in [2.05, 4.69) is 10.6 Å². The lowest BCUT2D eigenvalue weighted by molar-refractivity contribution is -0.140. The smallest absolute Gasteiger partial charge is 0.322 e. The number of amides is 3. The van der Waals surface area contributed by atoms with E-state index in [1.54, 1.807) is 0 Å². The molecular formula is C15H27N5O5. The fraction of sp³-hybridized carbons (Fsp3) is 0.733. The first-order valence-electron chi connectivity index (χ1n) is 8.40. The highest BCUT2D eigenvalue weighted by Crippen LogP contribution is 2.17. The molecule has 0 aromatic carbocycles. The number of carbonyl (C=O) groups is 4.